The molecule has 4 aromatic rings. The van der Waals surface area contributed by atoms with E-state index in [4.69, 9.17) is 14.8 Å². The fraction of sp³-hybridized carbons (Fsp3) is 0.423. The fourth-order valence-electron chi connectivity index (χ4n) is 5.34. The summed E-state index contributed by atoms with van der Waals surface area (Å²) in [6.07, 6.45) is 2.50. The number of ether oxygens (including phenoxy) is 1. The van der Waals surface area contributed by atoms with Gasteiger partial charge in [-0.2, -0.15) is 5.10 Å². The van der Waals surface area contributed by atoms with Gasteiger partial charge in [0.2, 0.25) is 5.91 Å². The normalized spacial score (nSPS) is 18.7. The van der Waals surface area contributed by atoms with E-state index in [9.17, 15) is 4.79 Å². The van der Waals surface area contributed by atoms with Crippen LogP contribution in [0, 0.1) is 6.92 Å². The second-order valence-corrected chi connectivity index (χ2v) is 10.0. The Hall–Kier alpha value is -3.63. The Labute approximate surface area is 209 Å². The molecule has 3 aromatic heterocycles. The number of rotatable bonds is 6. The number of carbonyl (C=O) groups is 1. The monoisotopic (exact) mass is 486 g/mol. The van der Waals surface area contributed by atoms with Crippen molar-refractivity contribution in [3.8, 4) is 11.3 Å². The molecule has 186 valence electrons. The molecule has 10 nitrogen and oxygen atoms in total. The number of nitrogens with zero attached hydrogens (tertiary/aromatic N) is 6. The Morgan fingerprint density at radius 1 is 1.25 bits per heavy atom. The average Bonchev–Trinajstić information content (AvgIpc) is 3.46. The number of pyridine rings is 1. The van der Waals surface area contributed by atoms with E-state index in [0.717, 1.165) is 52.3 Å². The number of aryl methyl sites for hydroxylation is 2. The molecule has 2 aliphatic rings. The van der Waals surface area contributed by atoms with Crippen LogP contribution in [0.1, 0.15) is 35.7 Å². The maximum Gasteiger partial charge on any atom is 0.234 e. The van der Waals surface area contributed by atoms with Gasteiger partial charge in [0, 0.05) is 48.6 Å². The number of H-pyrrole nitrogens is 1. The van der Waals surface area contributed by atoms with Gasteiger partial charge in [-0.05, 0) is 31.5 Å². The Morgan fingerprint density at radius 3 is 2.83 bits per heavy atom. The molecule has 2 saturated heterocycles. The molecule has 1 aromatic carbocycles. The van der Waals surface area contributed by atoms with Gasteiger partial charge in [0.15, 0.2) is 0 Å². The van der Waals surface area contributed by atoms with Crippen LogP contribution in [-0.2, 0) is 28.4 Å². The van der Waals surface area contributed by atoms with Gasteiger partial charge in [-0.1, -0.05) is 18.2 Å². The van der Waals surface area contributed by atoms with Gasteiger partial charge < -0.3 is 14.6 Å². The maximum absolute atomic E-state index is 12.0. The van der Waals surface area contributed by atoms with Gasteiger partial charge >= 0.3 is 0 Å². The van der Waals surface area contributed by atoms with Crippen molar-refractivity contribution >= 4 is 16.8 Å². The Bertz CT molecular complexity index is 1440. The van der Waals surface area contributed by atoms with E-state index in [1.54, 1.807) is 6.33 Å². The zero-order chi connectivity index (χ0) is 24.9. The van der Waals surface area contributed by atoms with Crippen LogP contribution in [0.25, 0.3) is 22.2 Å². The van der Waals surface area contributed by atoms with Crippen LogP contribution in [0.4, 0.5) is 0 Å². The van der Waals surface area contributed by atoms with Crippen molar-refractivity contribution in [1.82, 2.24) is 40.2 Å². The molecule has 10 heteroatoms. The second kappa shape index (κ2) is 8.79. The van der Waals surface area contributed by atoms with Crippen LogP contribution in [0.5, 0.6) is 0 Å². The topological polar surface area (TPSA) is 114 Å². The predicted octanol–water partition coefficient (Wildman–Crippen LogP) is 2.07. The number of piperazine rings is 1. The standard InChI is InChI=1S/C26H30N8O2/c1-16-9-20-24(31-32-25(20)23(29-16)17(2)34-8-7-27-22(35)12-34)18-5-4-6-19(10-18)26(13-36-14-26)11-21-30-28-15-33(21)3/h4-6,9-10,15,17H,7-8,11-14H2,1-3H3,(H,27,35)(H,31,32). The van der Waals surface area contributed by atoms with Gasteiger partial charge in [0.05, 0.1) is 37.0 Å². The van der Waals surface area contributed by atoms with E-state index in [1.165, 1.54) is 5.56 Å². The van der Waals surface area contributed by atoms with Crippen LogP contribution in [-0.4, -0.2) is 73.6 Å². The Kier molecular flexibility index (Phi) is 5.57. The van der Waals surface area contributed by atoms with Gasteiger partial charge in [-0.15, -0.1) is 10.2 Å². The van der Waals surface area contributed by atoms with Crippen molar-refractivity contribution in [2.45, 2.75) is 31.7 Å². The minimum absolute atomic E-state index is 0.0140. The highest BCUT2D eigenvalue weighted by molar-refractivity contribution is 5.94. The number of amides is 1. The third-order valence-electron chi connectivity index (χ3n) is 7.53. The summed E-state index contributed by atoms with van der Waals surface area (Å²) in [5.74, 6) is 0.995. The molecular formula is C26H30N8O2. The molecule has 2 fully saturated rings. The lowest BCUT2D eigenvalue weighted by Gasteiger charge is -2.41. The van der Waals surface area contributed by atoms with Crippen molar-refractivity contribution in [2.24, 2.45) is 7.05 Å². The van der Waals surface area contributed by atoms with Crippen molar-refractivity contribution in [2.75, 3.05) is 32.8 Å². The molecular weight excluding hydrogens is 456 g/mol. The zero-order valence-electron chi connectivity index (χ0n) is 20.8. The van der Waals surface area contributed by atoms with E-state index in [1.807, 2.05) is 18.5 Å². The largest absolute Gasteiger partial charge is 0.379 e. The minimum atomic E-state index is -0.130. The first-order valence-electron chi connectivity index (χ1n) is 12.3. The SMILES string of the molecule is Cc1cc2c(-c3cccc(C4(Cc5nncn5C)COC4)c3)n[nH]c2c(C(C)N2CCNC(=O)C2)n1. The van der Waals surface area contributed by atoms with Crippen molar-refractivity contribution in [3.63, 3.8) is 0 Å². The van der Waals surface area contributed by atoms with E-state index < -0.39 is 0 Å². The van der Waals surface area contributed by atoms with Gasteiger partial charge in [0.25, 0.3) is 0 Å². The van der Waals surface area contributed by atoms with Crippen LogP contribution in [0.15, 0.2) is 36.7 Å². The maximum atomic E-state index is 12.0. The molecule has 0 spiro atoms. The summed E-state index contributed by atoms with van der Waals surface area (Å²) in [5.41, 5.74) is 5.79. The summed E-state index contributed by atoms with van der Waals surface area (Å²) in [5, 5.41) is 20.3. The predicted molar refractivity (Wildman–Crippen MR) is 134 cm³/mol. The highest BCUT2D eigenvalue weighted by atomic mass is 16.5. The third-order valence-corrected chi connectivity index (χ3v) is 7.53. The Morgan fingerprint density at radius 2 is 2.11 bits per heavy atom. The molecule has 1 atom stereocenters. The average molecular weight is 487 g/mol. The van der Waals surface area contributed by atoms with Gasteiger partial charge in [-0.25, -0.2) is 0 Å². The third kappa shape index (κ3) is 3.86. The summed E-state index contributed by atoms with van der Waals surface area (Å²) in [6.45, 7) is 7.23. The van der Waals surface area contributed by atoms with Crippen molar-refractivity contribution in [3.05, 3.63) is 59.4 Å². The van der Waals surface area contributed by atoms with Gasteiger partial charge in [0.1, 0.15) is 17.8 Å². The smallest absolute Gasteiger partial charge is 0.234 e. The first-order chi connectivity index (χ1) is 17.4. The lowest BCUT2D eigenvalue weighted by molar-refractivity contribution is -0.124. The van der Waals surface area contributed by atoms with Crippen molar-refractivity contribution in [1.29, 1.82) is 0 Å². The lowest BCUT2D eigenvalue weighted by Crippen LogP contribution is -2.49. The van der Waals surface area contributed by atoms with E-state index in [-0.39, 0.29) is 17.4 Å². The van der Waals surface area contributed by atoms with Gasteiger partial charge in [-0.3, -0.25) is 19.8 Å². The zero-order valence-corrected chi connectivity index (χ0v) is 20.8. The van der Waals surface area contributed by atoms with Crippen LogP contribution >= 0.6 is 0 Å². The number of fused-ring (bicyclic) bond motifs is 1. The molecule has 5 heterocycles. The quantitative estimate of drug-likeness (QED) is 0.429. The molecule has 2 N–H and O–H groups in total. The number of hydrogen-bond donors (Lipinski definition) is 2. The number of benzene rings is 1. The second-order valence-electron chi connectivity index (χ2n) is 10.0. The van der Waals surface area contributed by atoms with E-state index in [2.05, 4.69) is 62.8 Å². The first-order valence-corrected chi connectivity index (χ1v) is 12.3. The molecule has 1 amide bonds. The fourth-order valence-corrected chi connectivity index (χ4v) is 5.34. The number of aromatic amines is 1. The molecule has 2 aliphatic heterocycles. The molecule has 1 unspecified atom stereocenters. The van der Waals surface area contributed by atoms with E-state index >= 15 is 0 Å². The molecule has 0 aliphatic carbocycles. The number of hydrogen-bond acceptors (Lipinski definition) is 7. The highest BCUT2D eigenvalue weighted by Crippen LogP contribution is 2.38. The number of carbonyl (C=O) groups excluding carboxylic acids is 1. The number of aromatic nitrogens is 6. The summed E-state index contributed by atoms with van der Waals surface area (Å²) >= 11 is 0. The molecule has 0 radical (unpaired) electrons. The molecule has 0 bridgehead atoms. The summed E-state index contributed by atoms with van der Waals surface area (Å²) in [6, 6.07) is 10.7. The molecule has 6 rings (SSSR count). The minimum Gasteiger partial charge on any atom is -0.379 e. The van der Waals surface area contributed by atoms with Crippen LogP contribution in [0.2, 0.25) is 0 Å². The first kappa shape index (κ1) is 22.8. The van der Waals surface area contributed by atoms with Crippen molar-refractivity contribution < 1.29 is 9.53 Å². The molecule has 0 saturated carbocycles. The van der Waals surface area contributed by atoms with E-state index in [0.29, 0.717) is 26.3 Å². The molecule has 36 heavy (non-hydrogen) atoms. The Balaban J connectivity index is 1.37. The summed E-state index contributed by atoms with van der Waals surface area (Å²) in [4.78, 5) is 19.0. The highest BCUT2D eigenvalue weighted by Gasteiger charge is 2.42. The van der Waals surface area contributed by atoms with Crippen LogP contribution in [0.3, 0.4) is 0 Å². The summed E-state index contributed by atoms with van der Waals surface area (Å²) < 4.78 is 7.65. The number of nitrogens with one attached hydrogen (secondary N) is 2. The summed E-state index contributed by atoms with van der Waals surface area (Å²) in [7, 11) is 1.97. The lowest BCUT2D eigenvalue weighted by atomic mass is 9.75. The van der Waals surface area contributed by atoms with Crippen LogP contribution < -0.4 is 5.32 Å².